The summed E-state index contributed by atoms with van der Waals surface area (Å²) in [6.45, 7) is 0.674. The molecule has 0 unspecified atom stereocenters. The molecular weight excluding hydrogens is 476 g/mol. The number of likely N-dealkylation sites (tertiary alicyclic amines) is 1. The summed E-state index contributed by atoms with van der Waals surface area (Å²) in [5, 5.41) is 0.762. The summed E-state index contributed by atoms with van der Waals surface area (Å²) in [6.07, 6.45) is 1.46. The number of amides is 1. The van der Waals surface area contributed by atoms with Crippen molar-refractivity contribution in [3.8, 4) is 0 Å². The van der Waals surface area contributed by atoms with Crippen molar-refractivity contribution in [3.63, 3.8) is 0 Å². The predicted octanol–water partition coefficient (Wildman–Crippen LogP) is 3.82. The molecular formula is C28H24N2O5S. The molecule has 1 aliphatic heterocycles. The molecule has 3 aromatic carbocycles. The number of hydrogen-bond acceptors (Lipinski definition) is 6. The smallest absolute Gasteiger partial charge is 0.310 e. The van der Waals surface area contributed by atoms with Gasteiger partial charge in [-0.1, -0.05) is 60.7 Å². The maximum Gasteiger partial charge on any atom is 0.310 e. The van der Waals surface area contributed by atoms with Gasteiger partial charge in [0, 0.05) is 17.1 Å². The number of carbonyl (C=O) groups is 2. The number of ether oxygens (including phenoxy) is 1. The van der Waals surface area contributed by atoms with Gasteiger partial charge in [0.15, 0.2) is 9.84 Å². The van der Waals surface area contributed by atoms with Crippen molar-refractivity contribution in [1.29, 1.82) is 0 Å². The van der Waals surface area contributed by atoms with Crippen LogP contribution in [0.2, 0.25) is 0 Å². The molecule has 182 valence electrons. The van der Waals surface area contributed by atoms with Crippen molar-refractivity contribution >= 4 is 32.6 Å². The molecule has 1 saturated heterocycles. The molecule has 2 heterocycles. The summed E-state index contributed by atoms with van der Waals surface area (Å²) in [4.78, 5) is 30.9. The van der Waals surface area contributed by atoms with Crippen LogP contribution < -0.4 is 0 Å². The van der Waals surface area contributed by atoms with Crippen molar-refractivity contribution in [1.82, 2.24) is 9.88 Å². The molecule has 1 amide bonds. The highest BCUT2D eigenvalue weighted by Gasteiger charge is 2.34. The van der Waals surface area contributed by atoms with Gasteiger partial charge in [0.25, 0.3) is 5.91 Å². The van der Waals surface area contributed by atoms with Gasteiger partial charge in [-0.2, -0.15) is 0 Å². The second kappa shape index (κ2) is 9.91. The average molecular weight is 501 g/mol. The number of hydrogen-bond donors (Lipinski definition) is 0. The van der Waals surface area contributed by atoms with E-state index in [2.05, 4.69) is 4.98 Å². The first-order valence-electron chi connectivity index (χ1n) is 11.6. The van der Waals surface area contributed by atoms with E-state index in [1.54, 1.807) is 53.6 Å². The van der Waals surface area contributed by atoms with Crippen LogP contribution in [0.25, 0.3) is 10.9 Å². The number of para-hydroxylation sites is 1. The molecule has 5 rings (SSSR count). The highest BCUT2D eigenvalue weighted by atomic mass is 32.2. The molecule has 0 atom stereocenters. The van der Waals surface area contributed by atoms with Crippen molar-refractivity contribution in [3.05, 3.63) is 108 Å². The molecule has 0 spiro atoms. The molecule has 4 aromatic rings. The lowest BCUT2D eigenvalue weighted by Gasteiger charge is -2.38. The number of nitrogens with zero attached hydrogens (tertiary/aromatic N) is 2. The third kappa shape index (κ3) is 5.13. The third-order valence-corrected chi connectivity index (χ3v) is 7.83. The Bertz CT molecular complexity index is 1510. The number of pyridine rings is 1. The van der Waals surface area contributed by atoms with Crippen LogP contribution in [0.5, 0.6) is 0 Å². The van der Waals surface area contributed by atoms with E-state index in [1.807, 2.05) is 42.5 Å². The third-order valence-electron chi connectivity index (χ3n) is 6.11. The van der Waals surface area contributed by atoms with Crippen molar-refractivity contribution in [2.24, 2.45) is 0 Å². The zero-order chi connectivity index (χ0) is 25.1. The highest BCUT2D eigenvalue weighted by molar-refractivity contribution is 7.90. The van der Waals surface area contributed by atoms with Crippen LogP contribution in [0, 0.1) is 0 Å². The molecule has 1 aromatic heterocycles. The summed E-state index contributed by atoms with van der Waals surface area (Å²) < 4.78 is 31.6. The Hall–Kier alpha value is -4.04. The minimum atomic E-state index is -3.63. The van der Waals surface area contributed by atoms with Crippen molar-refractivity contribution < 1.29 is 22.7 Å². The van der Waals surface area contributed by atoms with E-state index < -0.39 is 9.84 Å². The first-order valence-corrected chi connectivity index (χ1v) is 13.2. The van der Waals surface area contributed by atoms with Crippen LogP contribution in [0.15, 0.2) is 96.0 Å². The number of sulfone groups is 1. The maximum absolute atomic E-state index is 13.1. The van der Waals surface area contributed by atoms with Gasteiger partial charge < -0.3 is 9.64 Å². The Morgan fingerprint density at radius 3 is 2.33 bits per heavy atom. The van der Waals surface area contributed by atoms with Crippen molar-refractivity contribution in [2.75, 3.05) is 13.1 Å². The lowest BCUT2D eigenvalue weighted by atomic mass is 10.1. The molecule has 0 radical (unpaired) electrons. The van der Waals surface area contributed by atoms with Crippen LogP contribution in [0.1, 0.15) is 21.5 Å². The van der Waals surface area contributed by atoms with E-state index in [0.29, 0.717) is 29.7 Å². The standard InChI is InChI=1S/C28H24N2O5S/c31-26(16-20-6-2-1-3-7-20)35-24-17-30(18-24)28(32)23-13-11-21(12-14-23)19-36(33,34)25-10-4-8-22-9-5-15-29-27(22)25/h1-15,24H,16-19H2. The first kappa shape index (κ1) is 23.7. The fourth-order valence-electron chi connectivity index (χ4n) is 4.22. The summed E-state index contributed by atoms with van der Waals surface area (Å²) in [6, 6.07) is 24.6. The zero-order valence-corrected chi connectivity index (χ0v) is 20.2. The average Bonchev–Trinajstić information content (AvgIpc) is 2.86. The van der Waals surface area contributed by atoms with Gasteiger partial charge in [0.05, 0.1) is 35.7 Å². The number of aromatic nitrogens is 1. The topological polar surface area (TPSA) is 93.6 Å². The molecule has 0 N–H and O–H groups in total. The number of benzene rings is 3. The molecule has 0 bridgehead atoms. The van der Waals surface area contributed by atoms with Crippen molar-refractivity contribution in [2.45, 2.75) is 23.2 Å². The summed E-state index contributed by atoms with van der Waals surface area (Å²) in [5.41, 5.74) is 2.37. The van der Waals surface area contributed by atoms with Crippen LogP contribution >= 0.6 is 0 Å². The fourth-order valence-corrected chi connectivity index (χ4v) is 5.76. The van der Waals surface area contributed by atoms with Gasteiger partial charge in [0.1, 0.15) is 6.10 Å². The summed E-state index contributed by atoms with van der Waals surface area (Å²) in [5.74, 6) is -0.691. The second-order valence-electron chi connectivity index (χ2n) is 8.77. The number of rotatable bonds is 7. The van der Waals surface area contributed by atoms with Gasteiger partial charge in [-0.05, 0) is 35.4 Å². The monoisotopic (exact) mass is 500 g/mol. The highest BCUT2D eigenvalue weighted by Crippen LogP contribution is 2.25. The second-order valence-corrected chi connectivity index (χ2v) is 10.7. The lowest BCUT2D eigenvalue weighted by Crippen LogP contribution is -2.55. The minimum Gasteiger partial charge on any atom is -0.458 e. The Morgan fingerprint density at radius 1 is 0.861 bits per heavy atom. The van der Waals surface area contributed by atoms with Crippen LogP contribution in [-0.4, -0.2) is 49.4 Å². The number of esters is 1. The summed E-state index contributed by atoms with van der Waals surface area (Å²) in [7, 11) is -3.63. The van der Waals surface area contributed by atoms with E-state index in [4.69, 9.17) is 4.74 Å². The van der Waals surface area contributed by atoms with Crippen LogP contribution in [0.3, 0.4) is 0 Å². The SMILES string of the molecule is O=C(Cc1ccccc1)OC1CN(C(=O)c2ccc(CS(=O)(=O)c3cccc4cccnc34)cc2)C1. The Balaban J connectivity index is 1.17. The number of fused-ring (bicyclic) bond motifs is 1. The van der Waals surface area contributed by atoms with Gasteiger partial charge in [0.2, 0.25) is 0 Å². The molecule has 1 aliphatic rings. The van der Waals surface area contributed by atoms with Crippen LogP contribution in [-0.2, 0) is 31.5 Å². The van der Waals surface area contributed by atoms with Gasteiger partial charge in [-0.15, -0.1) is 0 Å². The van der Waals surface area contributed by atoms with E-state index in [-0.39, 0.29) is 35.0 Å². The molecule has 8 heteroatoms. The van der Waals surface area contributed by atoms with Gasteiger partial charge in [-0.25, -0.2) is 8.42 Å². The van der Waals surface area contributed by atoms with E-state index in [1.165, 1.54) is 0 Å². The quantitative estimate of drug-likeness (QED) is 0.358. The number of carbonyl (C=O) groups excluding carboxylic acids is 2. The van der Waals surface area contributed by atoms with E-state index >= 15 is 0 Å². The molecule has 1 fully saturated rings. The lowest BCUT2D eigenvalue weighted by molar-refractivity contribution is -0.154. The summed E-state index contributed by atoms with van der Waals surface area (Å²) >= 11 is 0. The molecule has 0 aliphatic carbocycles. The normalized spacial score (nSPS) is 13.8. The molecule has 0 saturated carbocycles. The Kier molecular flexibility index (Phi) is 6.52. The first-order chi connectivity index (χ1) is 17.4. The van der Waals surface area contributed by atoms with E-state index in [0.717, 1.165) is 10.9 Å². The maximum atomic E-state index is 13.1. The fraction of sp³-hybridized carbons (Fsp3) is 0.179. The van der Waals surface area contributed by atoms with E-state index in [9.17, 15) is 18.0 Å². The van der Waals surface area contributed by atoms with Gasteiger partial charge in [-0.3, -0.25) is 14.6 Å². The Labute approximate surface area is 209 Å². The predicted molar refractivity (Wildman–Crippen MR) is 135 cm³/mol. The zero-order valence-electron chi connectivity index (χ0n) is 19.4. The minimum absolute atomic E-state index is 0.182. The van der Waals surface area contributed by atoms with Crippen LogP contribution in [0.4, 0.5) is 0 Å². The molecule has 7 nitrogen and oxygen atoms in total. The molecule has 36 heavy (non-hydrogen) atoms. The Morgan fingerprint density at radius 2 is 1.58 bits per heavy atom. The van der Waals surface area contributed by atoms with Gasteiger partial charge >= 0.3 is 5.97 Å². The largest absolute Gasteiger partial charge is 0.458 e.